The fraction of sp³-hybridized carbons (Fsp3) is 0.308. The smallest absolute Gasteiger partial charge is 0.337 e. The summed E-state index contributed by atoms with van der Waals surface area (Å²) >= 11 is 0. The number of amides is 2. The Balaban J connectivity index is 2.65. The molecular weight excluding hydrogens is 248 g/mol. The molecular formula is C13H16N2O4. The van der Waals surface area contributed by atoms with E-state index in [9.17, 15) is 14.4 Å². The van der Waals surface area contributed by atoms with E-state index in [-0.39, 0.29) is 6.04 Å². The summed E-state index contributed by atoms with van der Waals surface area (Å²) in [7, 11) is 1.29. The average Bonchev–Trinajstić information content (AvgIpc) is 2.37. The van der Waals surface area contributed by atoms with Crippen molar-refractivity contribution in [3.8, 4) is 0 Å². The molecule has 0 radical (unpaired) electrons. The van der Waals surface area contributed by atoms with E-state index in [1.54, 1.807) is 13.8 Å². The topological polar surface area (TPSA) is 84.5 Å². The minimum absolute atomic E-state index is 0.111. The van der Waals surface area contributed by atoms with Crippen LogP contribution in [0.4, 0.5) is 5.69 Å². The van der Waals surface area contributed by atoms with Gasteiger partial charge in [-0.1, -0.05) is 0 Å². The Bertz CT molecular complexity index is 480. The second kappa shape index (κ2) is 6.53. The number of esters is 1. The van der Waals surface area contributed by atoms with E-state index in [1.807, 2.05) is 0 Å². The van der Waals surface area contributed by atoms with Gasteiger partial charge in [0.1, 0.15) is 0 Å². The van der Waals surface area contributed by atoms with E-state index in [0.29, 0.717) is 11.3 Å². The molecule has 0 atom stereocenters. The van der Waals surface area contributed by atoms with E-state index in [4.69, 9.17) is 0 Å². The number of methoxy groups -OCH3 is 1. The molecule has 0 fully saturated rings. The van der Waals surface area contributed by atoms with Gasteiger partial charge in [0.2, 0.25) is 0 Å². The van der Waals surface area contributed by atoms with Crippen LogP contribution in [0.1, 0.15) is 24.2 Å². The third-order valence-corrected chi connectivity index (χ3v) is 2.19. The van der Waals surface area contributed by atoms with Crippen molar-refractivity contribution in [2.75, 3.05) is 12.4 Å². The summed E-state index contributed by atoms with van der Waals surface area (Å²) in [4.78, 5) is 34.1. The lowest BCUT2D eigenvalue weighted by molar-refractivity contribution is -0.136. The van der Waals surface area contributed by atoms with Crippen LogP contribution in [-0.4, -0.2) is 30.9 Å². The maximum absolute atomic E-state index is 11.5. The zero-order chi connectivity index (χ0) is 14.4. The Hall–Kier alpha value is -2.37. The Morgan fingerprint density at radius 3 is 2.11 bits per heavy atom. The van der Waals surface area contributed by atoms with Gasteiger partial charge in [-0.15, -0.1) is 0 Å². The summed E-state index contributed by atoms with van der Waals surface area (Å²) in [6.45, 7) is 3.52. The van der Waals surface area contributed by atoms with Crippen LogP contribution in [0.5, 0.6) is 0 Å². The molecule has 1 aromatic rings. The molecule has 0 bridgehead atoms. The van der Waals surface area contributed by atoms with Crippen LogP contribution in [0, 0.1) is 0 Å². The number of rotatable bonds is 3. The maximum atomic E-state index is 11.5. The van der Waals surface area contributed by atoms with Gasteiger partial charge in [0.05, 0.1) is 12.7 Å². The highest BCUT2D eigenvalue weighted by Crippen LogP contribution is 2.10. The zero-order valence-corrected chi connectivity index (χ0v) is 11.0. The van der Waals surface area contributed by atoms with Crippen molar-refractivity contribution >= 4 is 23.5 Å². The SMILES string of the molecule is COC(=O)c1ccc(NC(=O)C(=O)NC(C)C)cc1. The van der Waals surface area contributed by atoms with Crippen molar-refractivity contribution in [2.24, 2.45) is 0 Å². The molecule has 2 amide bonds. The minimum Gasteiger partial charge on any atom is -0.465 e. The van der Waals surface area contributed by atoms with E-state index < -0.39 is 17.8 Å². The Labute approximate surface area is 111 Å². The molecule has 0 saturated carbocycles. The third-order valence-electron chi connectivity index (χ3n) is 2.19. The molecule has 6 heteroatoms. The van der Waals surface area contributed by atoms with Crippen LogP contribution in [0.25, 0.3) is 0 Å². The predicted octanol–water partition coefficient (Wildman–Crippen LogP) is 0.936. The fourth-order valence-corrected chi connectivity index (χ4v) is 1.32. The van der Waals surface area contributed by atoms with Crippen LogP contribution in [0.3, 0.4) is 0 Å². The molecule has 0 spiro atoms. The largest absolute Gasteiger partial charge is 0.465 e. The van der Waals surface area contributed by atoms with Gasteiger partial charge >= 0.3 is 17.8 Å². The number of ether oxygens (including phenoxy) is 1. The van der Waals surface area contributed by atoms with Gasteiger partial charge in [-0.3, -0.25) is 9.59 Å². The second-order valence-corrected chi connectivity index (χ2v) is 4.15. The summed E-state index contributed by atoms with van der Waals surface area (Å²) < 4.78 is 4.55. The first-order valence-corrected chi connectivity index (χ1v) is 5.74. The van der Waals surface area contributed by atoms with Crippen molar-refractivity contribution < 1.29 is 19.1 Å². The summed E-state index contributed by atoms with van der Waals surface area (Å²) in [5.74, 6) is -1.91. The molecule has 19 heavy (non-hydrogen) atoms. The molecule has 0 aliphatic rings. The van der Waals surface area contributed by atoms with E-state index in [2.05, 4.69) is 15.4 Å². The molecule has 1 rings (SSSR count). The molecule has 0 aromatic heterocycles. The molecule has 0 aliphatic carbocycles. The maximum Gasteiger partial charge on any atom is 0.337 e. The van der Waals surface area contributed by atoms with Crippen molar-refractivity contribution in [2.45, 2.75) is 19.9 Å². The van der Waals surface area contributed by atoms with Crippen molar-refractivity contribution in [1.82, 2.24) is 5.32 Å². The standard InChI is InChI=1S/C13H16N2O4/c1-8(2)14-11(16)12(17)15-10-6-4-9(5-7-10)13(18)19-3/h4-8H,1-3H3,(H,14,16)(H,15,17). The number of nitrogens with one attached hydrogen (secondary N) is 2. The van der Waals surface area contributed by atoms with Crippen LogP contribution in [0.15, 0.2) is 24.3 Å². The lowest BCUT2D eigenvalue weighted by Gasteiger charge is -2.09. The molecule has 0 saturated heterocycles. The van der Waals surface area contributed by atoms with Crippen LogP contribution in [0.2, 0.25) is 0 Å². The van der Waals surface area contributed by atoms with Gasteiger partial charge in [0.25, 0.3) is 0 Å². The highest BCUT2D eigenvalue weighted by atomic mass is 16.5. The van der Waals surface area contributed by atoms with Crippen molar-refractivity contribution in [3.63, 3.8) is 0 Å². The van der Waals surface area contributed by atoms with E-state index >= 15 is 0 Å². The minimum atomic E-state index is -0.750. The predicted molar refractivity (Wildman–Crippen MR) is 69.7 cm³/mol. The highest BCUT2D eigenvalue weighted by molar-refractivity contribution is 6.39. The number of hydrogen-bond acceptors (Lipinski definition) is 4. The number of carbonyl (C=O) groups is 3. The first-order chi connectivity index (χ1) is 8.93. The van der Waals surface area contributed by atoms with Gasteiger partial charge < -0.3 is 15.4 Å². The van der Waals surface area contributed by atoms with Crippen molar-refractivity contribution in [3.05, 3.63) is 29.8 Å². The second-order valence-electron chi connectivity index (χ2n) is 4.15. The molecule has 0 heterocycles. The van der Waals surface area contributed by atoms with Gasteiger partial charge in [-0.05, 0) is 38.1 Å². The highest BCUT2D eigenvalue weighted by Gasteiger charge is 2.14. The van der Waals surface area contributed by atoms with Gasteiger partial charge in [-0.25, -0.2) is 4.79 Å². The van der Waals surface area contributed by atoms with Crippen LogP contribution >= 0.6 is 0 Å². The van der Waals surface area contributed by atoms with E-state index in [1.165, 1.54) is 31.4 Å². The fourth-order valence-electron chi connectivity index (χ4n) is 1.32. The first-order valence-electron chi connectivity index (χ1n) is 5.74. The number of benzene rings is 1. The Morgan fingerprint density at radius 1 is 1.05 bits per heavy atom. The van der Waals surface area contributed by atoms with E-state index in [0.717, 1.165) is 0 Å². The van der Waals surface area contributed by atoms with Crippen LogP contribution < -0.4 is 10.6 Å². The molecule has 2 N–H and O–H groups in total. The summed E-state index contributed by atoms with van der Waals surface area (Å²) in [6.07, 6.45) is 0. The summed E-state index contributed by atoms with van der Waals surface area (Å²) in [5, 5.41) is 4.90. The molecule has 0 aliphatic heterocycles. The van der Waals surface area contributed by atoms with Gasteiger partial charge in [-0.2, -0.15) is 0 Å². The zero-order valence-electron chi connectivity index (χ0n) is 11.0. The lowest BCUT2D eigenvalue weighted by Crippen LogP contribution is -2.39. The molecule has 1 aromatic carbocycles. The summed E-state index contributed by atoms with van der Waals surface area (Å²) in [5.41, 5.74) is 0.795. The summed E-state index contributed by atoms with van der Waals surface area (Å²) in [6, 6.07) is 5.93. The quantitative estimate of drug-likeness (QED) is 0.628. The average molecular weight is 264 g/mol. The van der Waals surface area contributed by atoms with Crippen LogP contribution in [-0.2, 0) is 14.3 Å². The number of anilines is 1. The number of carbonyl (C=O) groups excluding carboxylic acids is 3. The Morgan fingerprint density at radius 2 is 1.63 bits per heavy atom. The van der Waals surface area contributed by atoms with Crippen molar-refractivity contribution in [1.29, 1.82) is 0 Å². The monoisotopic (exact) mass is 264 g/mol. The van der Waals surface area contributed by atoms with Gasteiger partial charge in [0, 0.05) is 11.7 Å². The lowest BCUT2D eigenvalue weighted by atomic mass is 10.2. The molecule has 6 nitrogen and oxygen atoms in total. The van der Waals surface area contributed by atoms with Gasteiger partial charge in [0.15, 0.2) is 0 Å². The molecule has 0 unspecified atom stereocenters. The number of hydrogen-bond donors (Lipinski definition) is 2. The normalized spacial score (nSPS) is 9.89. The molecule has 102 valence electrons. The Kier molecular flexibility index (Phi) is 5.05. The third kappa shape index (κ3) is 4.42. The first kappa shape index (κ1) is 14.7.